The summed E-state index contributed by atoms with van der Waals surface area (Å²) < 4.78 is 19.6. The number of nitrogens with two attached hydrogens (primary N) is 1. The summed E-state index contributed by atoms with van der Waals surface area (Å²) in [6, 6.07) is 10.8. The summed E-state index contributed by atoms with van der Waals surface area (Å²) in [6.07, 6.45) is 0.595. The molecule has 2 N–H and O–H groups in total. The Hall–Kier alpha value is -1.87. The highest BCUT2D eigenvalue weighted by molar-refractivity contribution is 5.41. The molecule has 2 aromatic carbocycles. The largest absolute Gasteiger partial charge is 0.454 e. The minimum Gasteiger partial charge on any atom is -0.454 e. The first-order valence-electron chi connectivity index (χ1n) is 6.34. The average Bonchev–Trinajstić information content (AvgIpc) is 2.32. The maximum absolute atomic E-state index is 13.9. The minimum absolute atomic E-state index is 0.276. The highest BCUT2D eigenvalue weighted by Crippen LogP contribution is 2.29. The van der Waals surface area contributed by atoms with Crippen LogP contribution in [0.4, 0.5) is 4.39 Å². The van der Waals surface area contributed by atoms with Gasteiger partial charge in [-0.1, -0.05) is 18.2 Å². The lowest BCUT2D eigenvalue weighted by atomic mass is 10.1. The zero-order chi connectivity index (χ0) is 13.8. The predicted molar refractivity (Wildman–Crippen MR) is 75.1 cm³/mol. The highest BCUT2D eigenvalue weighted by atomic mass is 19.1. The molecule has 2 aromatic rings. The van der Waals surface area contributed by atoms with Crippen LogP contribution in [0.3, 0.4) is 0 Å². The first-order chi connectivity index (χ1) is 9.10. The summed E-state index contributed by atoms with van der Waals surface area (Å²) in [5, 5.41) is 0. The van der Waals surface area contributed by atoms with Crippen LogP contribution in [0.25, 0.3) is 0 Å². The number of benzene rings is 2. The number of hydrogen-bond donors (Lipinski definition) is 1. The summed E-state index contributed by atoms with van der Waals surface area (Å²) in [4.78, 5) is 0. The molecule has 0 radical (unpaired) electrons. The predicted octanol–water partition coefficient (Wildman–Crippen LogP) is 3.74. The monoisotopic (exact) mass is 259 g/mol. The Morgan fingerprint density at radius 2 is 1.79 bits per heavy atom. The van der Waals surface area contributed by atoms with Gasteiger partial charge < -0.3 is 10.5 Å². The molecule has 0 heterocycles. The summed E-state index contributed by atoms with van der Waals surface area (Å²) in [5.74, 6) is 0.573. The maximum atomic E-state index is 13.9. The van der Waals surface area contributed by atoms with Crippen LogP contribution in [0.1, 0.15) is 16.7 Å². The van der Waals surface area contributed by atoms with Crippen molar-refractivity contribution in [3.8, 4) is 11.5 Å². The van der Waals surface area contributed by atoms with Crippen molar-refractivity contribution in [3.63, 3.8) is 0 Å². The van der Waals surface area contributed by atoms with E-state index in [2.05, 4.69) is 6.07 Å². The third kappa shape index (κ3) is 3.32. The van der Waals surface area contributed by atoms with Crippen molar-refractivity contribution in [1.82, 2.24) is 0 Å². The van der Waals surface area contributed by atoms with Crippen LogP contribution in [0.15, 0.2) is 36.4 Å². The molecule has 0 aromatic heterocycles. The molecule has 0 spiro atoms. The van der Waals surface area contributed by atoms with Crippen molar-refractivity contribution in [1.29, 1.82) is 0 Å². The van der Waals surface area contributed by atoms with E-state index in [-0.39, 0.29) is 11.6 Å². The van der Waals surface area contributed by atoms with E-state index in [9.17, 15) is 4.39 Å². The van der Waals surface area contributed by atoms with E-state index < -0.39 is 0 Å². The van der Waals surface area contributed by atoms with Crippen LogP contribution >= 0.6 is 0 Å². The van der Waals surface area contributed by atoms with Crippen molar-refractivity contribution < 1.29 is 9.13 Å². The normalized spacial score (nSPS) is 10.5. The van der Waals surface area contributed by atoms with Gasteiger partial charge >= 0.3 is 0 Å². The molecule has 0 fully saturated rings. The Balaban J connectivity index is 2.36. The molecular weight excluding hydrogens is 241 g/mol. The number of aryl methyl sites for hydroxylation is 2. The van der Waals surface area contributed by atoms with Gasteiger partial charge in [0.15, 0.2) is 11.6 Å². The molecule has 3 heteroatoms. The molecule has 0 aliphatic carbocycles. The fraction of sp³-hybridized carbons (Fsp3) is 0.250. The van der Waals surface area contributed by atoms with Crippen LogP contribution in [0, 0.1) is 19.7 Å². The molecule has 2 nitrogen and oxygen atoms in total. The third-order valence-corrected chi connectivity index (χ3v) is 2.88. The van der Waals surface area contributed by atoms with Crippen LogP contribution in [-0.4, -0.2) is 6.54 Å². The molecule has 0 aliphatic rings. The molecule has 0 unspecified atom stereocenters. The minimum atomic E-state index is -0.356. The molecule has 0 saturated carbocycles. The Morgan fingerprint density at radius 3 is 2.42 bits per heavy atom. The van der Waals surface area contributed by atoms with Gasteiger partial charge in [-0.3, -0.25) is 0 Å². The SMILES string of the molecule is Cc1cc(C)cc(Oc2c(F)cccc2CCN)c1. The molecule has 0 amide bonds. The Kier molecular flexibility index (Phi) is 4.17. The molecule has 0 bridgehead atoms. The maximum Gasteiger partial charge on any atom is 0.166 e. The highest BCUT2D eigenvalue weighted by Gasteiger charge is 2.10. The second-order valence-electron chi connectivity index (χ2n) is 4.69. The average molecular weight is 259 g/mol. The lowest BCUT2D eigenvalue weighted by Crippen LogP contribution is -2.05. The smallest absolute Gasteiger partial charge is 0.166 e. The van der Waals surface area contributed by atoms with Gasteiger partial charge in [-0.15, -0.1) is 0 Å². The van der Waals surface area contributed by atoms with Crippen molar-refractivity contribution in [2.45, 2.75) is 20.3 Å². The second-order valence-corrected chi connectivity index (χ2v) is 4.69. The number of rotatable bonds is 4. The van der Waals surface area contributed by atoms with Crippen LogP contribution < -0.4 is 10.5 Å². The van der Waals surface area contributed by atoms with Gasteiger partial charge in [-0.2, -0.15) is 0 Å². The number of hydrogen-bond acceptors (Lipinski definition) is 2. The summed E-state index contributed by atoms with van der Waals surface area (Å²) in [6.45, 7) is 4.44. The van der Waals surface area contributed by atoms with Crippen LogP contribution in [0.2, 0.25) is 0 Å². The molecule has 100 valence electrons. The van der Waals surface area contributed by atoms with E-state index in [1.165, 1.54) is 6.07 Å². The second kappa shape index (κ2) is 5.85. The molecule has 0 saturated heterocycles. The summed E-state index contributed by atoms with van der Waals surface area (Å²) in [7, 11) is 0. The van der Waals surface area contributed by atoms with Gasteiger partial charge in [-0.05, 0) is 61.7 Å². The van der Waals surface area contributed by atoms with Crippen molar-refractivity contribution in [2.75, 3.05) is 6.54 Å². The fourth-order valence-corrected chi connectivity index (χ4v) is 2.13. The molecule has 2 rings (SSSR count). The van der Waals surface area contributed by atoms with Gasteiger partial charge in [0.1, 0.15) is 5.75 Å². The quantitative estimate of drug-likeness (QED) is 0.907. The van der Waals surface area contributed by atoms with E-state index in [0.717, 1.165) is 16.7 Å². The fourth-order valence-electron chi connectivity index (χ4n) is 2.13. The summed E-state index contributed by atoms with van der Waals surface area (Å²) >= 11 is 0. The van der Waals surface area contributed by atoms with Gasteiger partial charge in [0.05, 0.1) is 0 Å². The van der Waals surface area contributed by atoms with E-state index >= 15 is 0 Å². The molecule has 0 aliphatic heterocycles. The molecular formula is C16H18FNO. The van der Waals surface area contributed by atoms with Crippen LogP contribution in [0.5, 0.6) is 11.5 Å². The van der Waals surface area contributed by atoms with Crippen molar-refractivity contribution in [2.24, 2.45) is 5.73 Å². The number of para-hydroxylation sites is 1. The first-order valence-corrected chi connectivity index (χ1v) is 6.34. The van der Waals surface area contributed by atoms with Gasteiger partial charge in [-0.25, -0.2) is 4.39 Å². The zero-order valence-corrected chi connectivity index (χ0v) is 11.2. The van der Waals surface area contributed by atoms with Crippen LogP contribution in [-0.2, 0) is 6.42 Å². The lowest BCUT2D eigenvalue weighted by molar-refractivity contribution is 0.435. The molecule has 19 heavy (non-hydrogen) atoms. The summed E-state index contributed by atoms with van der Waals surface area (Å²) in [5.41, 5.74) is 8.52. The van der Waals surface area contributed by atoms with Gasteiger partial charge in [0.25, 0.3) is 0 Å². The first kappa shape index (κ1) is 13.6. The molecule has 0 atom stereocenters. The third-order valence-electron chi connectivity index (χ3n) is 2.88. The van der Waals surface area contributed by atoms with E-state index in [0.29, 0.717) is 18.7 Å². The standard InChI is InChI=1S/C16H18FNO/c1-11-8-12(2)10-14(9-11)19-16-13(6-7-18)4-3-5-15(16)17/h3-5,8-10H,6-7,18H2,1-2H3. The van der Waals surface area contributed by atoms with E-state index in [4.69, 9.17) is 10.5 Å². The Morgan fingerprint density at radius 1 is 1.11 bits per heavy atom. The Labute approximate surface area is 113 Å². The van der Waals surface area contributed by atoms with Crippen molar-refractivity contribution >= 4 is 0 Å². The Bertz CT molecular complexity index is 561. The van der Waals surface area contributed by atoms with Gasteiger partial charge in [0, 0.05) is 0 Å². The van der Waals surface area contributed by atoms with Gasteiger partial charge in [0.2, 0.25) is 0 Å². The van der Waals surface area contributed by atoms with Crippen molar-refractivity contribution in [3.05, 3.63) is 58.9 Å². The number of halogens is 1. The van der Waals surface area contributed by atoms with E-state index in [1.807, 2.05) is 32.0 Å². The lowest BCUT2D eigenvalue weighted by Gasteiger charge is -2.12. The number of ether oxygens (including phenoxy) is 1. The zero-order valence-electron chi connectivity index (χ0n) is 11.2. The van der Waals surface area contributed by atoms with E-state index in [1.54, 1.807) is 6.07 Å². The topological polar surface area (TPSA) is 35.2 Å².